The van der Waals surface area contributed by atoms with Gasteiger partial charge in [0.1, 0.15) is 85.5 Å². The first kappa shape index (κ1) is 56.6. The average Bonchev–Trinajstić information content (AvgIpc) is 3.80. The summed E-state index contributed by atoms with van der Waals surface area (Å²) in [6, 6.07) is 0. The monoisotopic (exact) mass is 1050 g/mol. The van der Waals surface area contributed by atoms with E-state index in [0.717, 1.165) is 32.1 Å². The van der Waals surface area contributed by atoms with Crippen molar-refractivity contribution in [3.8, 4) is 0 Å². The fourth-order valence-corrected chi connectivity index (χ4v) is 14.9. The van der Waals surface area contributed by atoms with Gasteiger partial charge in [0.25, 0.3) is 0 Å². The summed E-state index contributed by atoms with van der Waals surface area (Å²) in [5, 5.41) is 139. The van der Waals surface area contributed by atoms with E-state index < -0.39 is 148 Å². The van der Waals surface area contributed by atoms with E-state index in [4.69, 9.17) is 42.6 Å². The van der Waals surface area contributed by atoms with E-state index in [1.54, 1.807) is 0 Å². The first-order chi connectivity index (χ1) is 34.5. The highest BCUT2D eigenvalue weighted by atomic mass is 16.8. The minimum Gasteiger partial charge on any atom is -0.394 e. The summed E-state index contributed by atoms with van der Waals surface area (Å²) in [5.74, 6) is -0.232. The molecule has 420 valence electrons. The molecule has 9 aliphatic rings. The van der Waals surface area contributed by atoms with Crippen molar-refractivity contribution in [3.05, 3.63) is 11.6 Å². The van der Waals surface area contributed by atoms with Crippen LogP contribution in [0.4, 0.5) is 0 Å². The molecule has 0 bridgehead atoms. The predicted molar refractivity (Wildman–Crippen MR) is 249 cm³/mol. The van der Waals surface area contributed by atoms with E-state index >= 15 is 0 Å². The quantitative estimate of drug-likeness (QED) is 0.0839. The molecule has 3 saturated carbocycles. The first-order valence-corrected chi connectivity index (χ1v) is 26.8. The molecule has 5 saturated heterocycles. The summed E-state index contributed by atoms with van der Waals surface area (Å²) < 4.78 is 54.6. The molecule has 0 amide bonds. The van der Waals surface area contributed by atoms with Crippen LogP contribution in [0.1, 0.15) is 99.3 Å². The normalized spacial score (nSPS) is 55.5. The largest absolute Gasteiger partial charge is 0.394 e. The topological polar surface area (TPSA) is 346 Å². The summed E-state index contributed by atoms with van der Waals surface area (Å²) in [6.07, 6.45) is -20.5. The van der Waals surface area contributed by atoms with Crippen LogP contribution in [-0.4, -0.2) is 227 Å². The van der Waals surface area contributed by atoms with Gasteiger partial charge in [-0.3, -0.25) is 0 Å². The van der Waals surface area contributed by atoms with Gasteiger partial charge in [-0.15, -0.1) is 0 Å². The van der Waals surface area contributed by atoms with E-state index in [2.05, 4.69) is 26.8 Å². The Bertz CT molecular complexity index is 1900. The second-order valence-electron chi connectivity index (χ2n) is 23.8. The van der Waals surface area contributed by atoms with E-state index in [9.17, 15) is 66.4 Å². The molecule has 31 atom stereocenters. The van der Waals surface area contributed by atoms with Crippen molar-refractivity contribution in [3.63, 3.8) is 0 Å². The molecule has 4 aliphatic carbocycles. The Hall–Kier alpha value is -1.14. The van der Waals surface area contributed by atoms with Crippen molar-refractivity contribution < 1.29 is 109 Å². The highest BCUT2D eigenvalue weighted by Crippen LogP contribution is 2.70. The molecule has 5 heterocycles. The lowest BCUT2D eigenvalue weighted by atomic mass is 9.47. The van der Waals surface area contributed by atoms with Gasteiger partial charge in [-0.1, -0.05) is 39.3 Å². The molecule has 0 unspecified atom stereocenters. The second-order valence-corrected chi connectivity index (χ2v) is 23.8. The van der Waals surface area contributed by atoms with Crippen molar-refractivity contribution in [2.75, 3.05) is 19.8 Å². The molecule has 22 nitrogen and oxygen atoms in total. The van der Waals surface area contributed by atoms with Gasteiger partial charge in [0.05, 0.1) is 44.2 Å². The van der Waals surface area contributed by atoms with Crippen molar-refractivity contribution in [2.45, 2.75) is 240 Å². The molecule has 0 aromatic heterocycles. The van der Waals surface area contributed by atoms with Crippen molar-refractivity contribution in [2.24, 2.45) is 46.3 Å². The third-order valence-electron chi connectivity index (χ3n) is 19.5. The number of fused-ring (bicyclic) bond motifs is 7. The predicted octanol–water partition coefficient (Wildman–Crippen LogP) is -1.98. The number of allylic oxidation sites excluding steroid dienone is 1. The van der Waals surface area contributed by atoms with Gasteiger partial charge >= 0.3 is 0 Å². The lowest BCUT2D eigenvalue weighted by Gasteiger charge is -2.58. The van der Waals surface area contributed by atoms with E-state index in [-0.39, 0.29) is 41.3 Å². The Morgan fingerprint density at radius 3 is 1.86 bits per heavy atom. The third kappa shape index (κ3) is 10.2. The van der Waals surface area contributed by atoms with Gasteiger partial charge in [-0.25, -0.2) is 0 Å². The zero-order valence-corrected chi connectivity index (χ0v) is 42.7. The molecule has 0 spiro atoms. The summed E-state index contributed by atoms with van der Waals surface area (Å²) in [5.41, 5.74) is 1.07. The molecular formula is C51H84O22. The summed E-state index contributed by atoms with van der Waals surface area (Å²) >= 11 is 0. The molecule has 13 N–H and O–H groups in total. The zero-order chi connectivity index (χ0) is 52.8. The molecule has 0 aromatic carbocycles. The van der Waals surface area contributed by atoms with Crippen LogP contribution in [0.3, 0.4) is 0 Å². The Labute approximate surface area is 426 Å². The lowest BCUT2D eigenvalue weighted by molar-refractivity contribution is -0.388. The Morgan fingerprint density at radius 1 is 0.644 bits per heavy atom. The number of rotatable bonds is 14. The maximum Gasteiger partial charge on any atom is 0.187 e. The molecule has 0 aromatic rings. The summed E-state index contributed by atoms with van der Waals surface area (Å²) in [6.45, 7) is 10.7. The minimum atomic E-state index is -1.75. The smallest absolute Gasteiger partial charge is 0.187 e. The molecule has 73 heavy (non-hydrogen) atoms. The maximum atomic E-state index is 12.1. The van der Waals surface area contributed by atoms with Crippen LogP contribution in [0, 0.1) is 46.3 Å². The van der Waals surface area contributed by atoms with Crippen LogP contribution in [-0.2, 0) is 42.6 Å². The van der Waals surface area contributed by atoms with Gasteiger partial charge in [0.2, 0.25) is 0 Å². The number of hydrogen-bond acceptors (Lipinski definition) is 22. The van der Waals surface area contributed by atoms with Crippen molar-refractivity contribution >= 4 is 0 Å². The second kappa shape index (κ2) is 21.8. The molecule has 22 heteroatoms. The van der Waals surface area contributed by atoms with Crippen LogP contribution >= 0.6 is 0 Å². The molecule has 5 aliphatic heterocycles. The number of ether oxygens (including phenoxy) is 9. The highest BCUT2D eigenvalue weighted by Gasteiger charge is 2.68. The fourth-order valence-electron chi connectivity index (χ4n) is 14.9. The first-order valence-electron chi connectivity index (χ1n) is 26.8. The van der Waals surface area contributed by atoms with Gasteiger partial charge in [-0.05, 0) is 106 Å². The van der Waals surface area contributed by atoms with E-state index in [1.165, 1.54) is 19.4 Å². The van der Waals surface area contributed by atoms with Crippen LogP contribution in [0.2, 0.25) is 0 Å². The molecule has 9 rings (SSSR count). The van der Waals surface area contributed by atoms with E-state index in [0.29, 0.717) is 43.4 Å². The SMILES string of the molecule is C[C@@H](CC[C@@]1(O)O[C@H]2C[C@H]3[C@@H]4CC=C5C[C@@H](O[C@@H]6O[C@H](CO)[C@@H](O[C@H]7O[C@H](C)[C@@H](O)[C@H](O)[C@@H]7O)[C@H](O)[C@H]6O[C@H]6O[C@H](C)[C@@H](O)[C@H](O)[C@@H]6O)CC[C@]5(C)[C@H]4CC[C@]3(C)[C@H]2[C@@H]1C)CO[C@@H]1O[C@H](CO)[C@@H](O)[C@H](O)[C@H]1O. The summed E-state index contributed by atoms with van der Waals surface area (Å²) in [4.78, 5) is 0. The minimum absolute atomic E-state index is 0.0589. The van der Waals surface area contributed by atoms with Crippen molar-refractivity contribution in [1.29, 1.82) is 0 Å². The zero-order valence-electron chi connectivity index (χ0n) is 42.7. The van der Waals surface area contributed by atoms with Crippen molar-refractivity contribution in [1.82, 2.24) is 0 Å². The standard InChI is InChI=1S/C51H84O22/c1-20(19-65-45-39(60)38(59)35(56)30(17-52)69-45)9-14-51(64)21(2)32-29(73-51)16-28-26-8-7-24-15-25(10-12-49(24,5)27(26)11-13-50(28,32)6)68-48-44(72-47-41(62)37(58)34(55)23(4)67-47)42(63)43(31(18-53)70-48)71-46-40(61)36(57)33(54)22(3)66-46/h7,20-23,25-48,52-64H,8-19H2,1-6H3/t20-,21-,22+,23+,25-,26+,27-,28-,29-,30+,31+,32-,33+,34+,35+,36-,37-,38-,39+,40-,41-,42-,43+,44+,45+,46+,47+,48+,49-,50-,51+/m0/s1. The maximum absolute atomic E-state index is 12.1. The van der Waals surface area contributed by atoms with Crippen LogP contribution in [0.25, 0.3) is 0 Å². The number of hydrogen-bond donors (Lipinski definition) is 13. The Balaban J connectivity index is 0.846. The van der Waals surface area contributed by atoms with E-state index in [1.807, 2.05) is 6.92 Å². The van der Waals surface area contributed by atoms with Gasteiger partial charge < -0.3 is 109 Å². The molecular weight excluding hydrogens is 965 g/mol. The molecule has 0 radical (unpaired) electrons. The van der Waals surface area contributed by atoms with Crippen LogP contribution in [0.5, 0.6) is 0 Å². The number of aliphatic hydroxyl groups is 13. The van der Waals surface area contributed by atoms with Gasteiger partial charge in [0, 0.05) is 12.3 Å². The Kier molecular flexibility index (Phi) is 16.9. The number of aliphatic hydroxyl groups excluding tert-OH is 12. The fraction of sp³-hybridized carbons (Fsp3) is 0.961. The average molecular weight is 1050 g/mol. The van der Waals surface area contributed by atoms with Crippen LogP contribution in [0.15, 0.2) is 11.6 Å². The summed E-state index contributed by atoms with van der Waals surface area (Å²) in [7, 11) is 0. The van der Waals surface area contributed by atoms with Gasteiger partial charge in [0.15, 0.2) is 30.9 Å². The third-order valence-corrected chi connectivity index (χ3v) is 19.5. The Morgan fingerprint density at radius 2 is 1.23 bits per heavy atom. The lowest BCUT2D eigenvalue weighted by Crippen LogP contribution is -2.66. The highest BCUT2D eigenvalue weighted by molar-refractivity contribution is 5.26. The molecule has 8 fully saturated rings. The van der Waals surface area contributed by atoms with Crippen LogP contribution < -0.4 is 0 Å². The van der Waals surface area contributed by atoms with Gasteiger partial charge in [-0.2, -0.15) is 0 Å².